The quantitative estimate of drug-likeness (QED) is 0.559. The Balaban J connectivity index is 1.47. The van der Waals surface area contributed by atoms with Crippen LogP contribution in [0.3, 0.4) is 0 Å². The first-order chi connectivity index (χ1) is 15.3. The number of hydrogen-bond acceptors (Lipinski definition) is 4. The molecular weight excluding hydrogens is 384 g/mol. The van der Waals surface area contributed by atoms with E-state index in [0.29, 0.717) is 11.7 Å². The van der Waals surface area contributed by atoms with Gasteiger partial charge in [0.15, 0.2) is 0 Å². The molecule has 0 unspecified atom stereocenters. The van der Waals surface area contributed by atoms with Crippen LogP contribution in [0.5, 0.6) is 11.5 Å². The number of phenols is 1. The number of ether oxygens (including phenoxy) is 1. The van der Waals surface area contributed by atoms with Gasteiger partial charge in [0.2, 0.25) is 6.23 Å². The molecule has 3 aromatic rings. The van der Waals surface area contributed by atoms with Gasteiger partial charge in [-0.15, -0.1) is 0 Å². The van der Waals surface area contributed by atoms with Crippen LogP contribution < -0.4 is 4.74 Å². The molecule has 0 aromatic heterocycles. The smallest absolute Gasteiger partial charge is 0.213 e. The third-order valence-corrected chi connectivity index (χ3v) is 6.60. The fraction of sp³-hybridized carbons (Fsp3) is 0.222. The maximum atomic E-state index is 10.3. The van der Waals surface area contributed by atoms with Crippen molar-refractivity contribution in [1.82, 2.24) is 5.01 Å². The largest absolute Gasteiger partial charge is 0.507 e. The summed E-state index contributed by atoms with van der Waals surface area (Å²) in [5, 5.41) is 17.6. The number of allylic oxidation sites excluding steroid dienone is 1. The van der Waals surface area contributed by atoms with Gasteiger partial charge in [-0.1, -0.05) is 66.7 Å². The first-order valence-electron chi connectivity index (χ1n) is 11.0. The third kappa shape index (κ3) is 3.02. The lowest BCUT2D eigenvalue weighted by atomic mass is 9.77. The molecule has 1 N–H and O–H groups in total. The number of hydrazone groups is 1. The molecule has 4 nitrogen and oxygen atoms in total. The SMILES string of the molecule is Oc1ccccc1/C=C1\CCC[C@@H]2C1=NN1[C@@H](c3ccccc3)Oc3ccccc3[C@@H]21. The highest BCUT2D eigenvalue weighted by Crippen LogP contribution is 2.52. The van der Waals surface area contributed by atoms with Crippen LogP contribution in [-0.4, -0.2) is 15.8 Å². The van der Waals surface area contributed by atoms with Gasteiger partial charge in [0, 0.05) is 22.6 Å². The molecule has 0 saturated heterocycles. The van der Waals surface area contributed by atoms with Gasteiger partial charge in [-0.2, -0.15) is 5.10 Å². The van der Waals surface area contributed by atoms with Crippen molar-refractivity contribution in [2.75, 3.05) is 0 Å². The minimum atomic E-state index is -0.245. The van der Waals surface area contributed by atoms with E-state index in [1.807, 2.05) is 42.5 Å². The van der Waals surface area contributed by atoms with Crippen molar-refractivity contribution < 1.29 is 9.84 Å². The minimum absolute atomic E-state index is 0.165. The Morgan fingerprint density at radius 1 is 0.935 bits per heavy atom. The molecule has 3 aliphatic rings. The Kier molecular flexibility index (Phi) is 4.30. The summed E-state index contributed by atoms with van der Waals surface area (Å²) in [7, 11) is 0. The Morgan fingerprint density at radius 3 is 2.58 bits per heavy atom. The van der Waals surface area contributed by atoms with Gasteiger partial charge in [-0.05, 0) is 43.0 Å². The summed E-state index contributed by atoms with van der Waals surface area (Å²) in [6.45, 7) is 0. The van der Waals surface area contributed by atoms with Crippen LogP contribution in [0.1, 0.15) is 48.2 Å². The summed E-state index contributed by atoms with van der Waals surface area (Å²) in [4.78, 5) is 0. The number of para-hydroxylation sites is 2. The molecule has 6 rings (SSSR count). The summed E-state index contributed by atoms with van der Waals surface area (Å²) in [5.74, 6) is 1.58. The molecule has 31 heavy (non-hydrogen) atoms. The van der Waals surface area contributed by atoms with Crippen molar-refractivity contribution in [2.24, 2.45) is 11.0 Å². The zero-order chi connectivity index (χ0) is 20.8. The van der Waals surface area contributed by atoms with E-state index in [4.69, 9.17) is 9.84 Å². The normalized spacial score (nSPS) is 25.3. The molecule has 4 heteroatoms. The lowest BCUT2D eigenvalue weighted by Gasteiger charge is -2.40. The van der Waals surface area contributed by atoms with E-state index in [1.54, 1.807) is 6.07 Å². The number of rotatable bonds is 2. The molecule has 1 fully saturated rings. The second kappa shape index (κ2) is 7.31. The van der Waals surface area contributed by atoms with Crippen LogP contribution in [0.15, 0.2) is 89.5 Å². The van der Waals surface area contributed by atoms with E-state index >= 15 is 0 Å². The van der Waals surface area contributed by atoms with Crippen LogP contribution in [0.4, 0.5) is 0 Å². The van der Waals surface area contributed by atoms with Gasteiger partial charge in [0.1, 0.15) is 11.5 Å². The first kappa shape index (κ1) is 18.3. The van der Waals surface area contributed by atoms with Gasteiger partial charge >= 0.3 is 0 Å². The lowest BCUT2D eigenvalue weighted by Crippen LogP contribution is -2.36. The maximum Gasteiger partial charge on any atom is 0.213 e. The number of phenolic OH excluding ortho intramolecular Hbond substituents is 1. The van der Waals surface area contributed by atoms with Crippen LogP contribution in [0.25, 0.3) is 6.08 Å². The molecule has 3 aromatic carbocycles. The summed E-state index contributed by atoms with van der Waals surface area (Å²) in [6.07, 6.45) is 5.07. The van der Waals surface area contributed by atoms with E-state index in [9.17, 15) is 5.11 Å². The predicted molar refractivity (Wildman–Crippen MR) is 122 cm³/mol. The van der Waals surface area contributed by atoms with Gasteiger partial charge < -0.3 is 9.84 Å². The summed E-state index contributed by atoms with van der Waals surface area (Å²) < 4.78 is 6.47. The Morgan fingerprint density at radius 2 is 1.71 bits per heavy atom. The molecule has 0 amide bonds. The number of benzene rings is 3. The topological polar surface area (TPSA) is 45.1 Å². The molecule has 2 heterocycles. The monoisotopic (exact) mass is 408 g/mol. The van der Waals surface area contributed by atoms with Crippen molar-refractivity contribution in [3.63, 3.8) is 0 Å². The second-order valence-electron chi connectivity index (χ2n) is 8.46. The highest BCUT2D eigenvalue weighted by molar-refractivity contribution is 6.07. The summed E-state index contributed by atoms with van der Waals surface area (Å²) in [6, 6.07) is 26.4. The predicted octanol–water partition coefficient (Wildman–Crippen LogP) is 6.08. The zero-order valence-electron chi connectivity index (χ0n) is 17.2. The highest BCUT2D eigenvalue weighted by atomic mass is 16.5. The molecule has 154 valence electrons. The molecule has 1 aliphatic carbocycles. The second-order valence-corrected chi connectivity index (χ2v) is 8.46. The average Bonchev–Trinajstić information content (AvgIpc) is 3.22. The molecule has 0 bridgehead atoms. The maximum absolute atomic E-state index is 10.3. The van der Waals surface area contributed by atoms with Crippen molar-refractivity contribution in [2.45, 2.75) is 31.5 Å². The van der Waals surface area contributed by atoms with Crippen molar-refractivity contribution in [3.8, 4) is 11.5 Å². The number of hydrogen-bond donors (Lipinski definition) is 1. The van der Waals surface area contributed by atoms with E-state index in [0.717, 1.165) is 41.9 Å². The van der Waals surface area contributed by atoms with Crippen molar-refractivity contribution in [1.29, 1.82) is 0 Å². The Hall–Kier alpha value is -3.53. The number of nitrogens with zero attached hydrogens (tertiary/aromatic N) is 2. The molecule has 3 atom stereocenters. The zero-order valence-corrected chi connectivity index (χ0v) is 17.2. The summed E-state index contributed by atoms with van der Waals surface area (Å²) >= 11 is 0. The molecule has 0 radical (unpaired) electrons. The fourth-order valence-corrected chi connectivity index (χ4v) is 5.18. The minimum Gasteiger partial charge on any atom is -0.507 e. The van der Waals surface area contributed by atoms with Gasteiger partial charge in [0.25, 0.3) is 0 Å². The van der Waals surface area contributed by atoms with Crippen LogP contribution in [-0.2, 0) is 0 Å². The van der Waals surface area contributed by atoms with E-state index in [1.165, 1.54) is 11.1 Å². The van der Waals surface area contributed by atoms with Crippen molar-refractivity contribution in [3.05, 3.63) is 101 Å². The molecule has 0 spiro atoms. The van der Waals surface area contributed by atoms with E-state index in [-0.39, 0.29) is 12.3 Å². The molecule has 1 saturated carbocycles. The van der Waals surface area contributed by atoms with Crippen LogP contribution in [0.2, 0.25) is 0 Å². The Labute approximate surface area is 182 Å². The first-order valence-corrected chi connectivity index (χ1v) is 11.0. The number of fused-ring (bicyclic) bond motifs is 5. The van der Waals surface area contributed by atoms with Gasteiger partial charge in [-0.25, -0.2) is 5.01 Å². The van der Waals surface area contributed by atoms with E-state index < -0.39 is 0 Å². The van der Waals surface area contributed by atoms with Gasteiger partial charge in [0.05, 0.1) is 11.8 Å². The number of aromatic hydroxyl groups is 1. The average molecular weight is 409 g/mol. The van der Waals surface area contributed by atoms with Crippen molar-refractivity contribution >= 4 is 11.8 Å². The van der Waals surface area contributed by atoms with Crippen LogP contribution >= 0.6 is 0 Å². The fourth-order valence-electron chi connectivity index (χ4n) is 5.18. The lowest BCUT2D eigenvalue weighted by molar-refractivity contribution is -0.0293. The van der Waals surface area contributed by atoms with E-state index in [2.05, 4.69) is 41.4 Å². The molecule has 2 aliphatic heterocycles. The summed E-state index contributed by atoms with van der Waals surface area (Å²) in [5.41, 5.74) is 5.53. The standard InChI is InChI=1S/C27H24N2O2/c30-23-15-6-4-11-19(23)17-20-12-8-14-22-25(20)28-29-26(22)21-13-5-7-16-24(21)31-27(29)18-9-2-1-3-10-18/h1-7,9-11,13,15-17,22,26-27,30H,8,12,14H2/b20-17+/t22-,26+,27-/m1/s1. The molecular formula is C27H24N2O2. The highest BCUT2D eigenvalue weighted by Gasteiger charge is 2.48. The third-order valence-electron chi connectivity index (χ3n) is 6.60. The van der Waals surface area contributed by atoms with Gasteiger partial charge in [-0.3, -0.25) is 0 Å². The van der Waals surface area contributed by atoms with Crippen LogP contribution in [0, 0.1) is 5.92 Å². The Bertz CT molecular complexity index is 1180.